The summed E-state index contributed by atoms with van der Waals surface area (Å²) in [5, 5.41) is 14.6. The van der Waals surface area contributed by atoms with Crippen molar-refractivity contribution in [2.24, 2.45) is 23.2 Å². The molecule has 2 amide bonds. The zero-order valence-corrected chi connectivity index (χ0v) is 14.5. The van der Waals surface area contributed by atoms with Crippen molar-refractivity contribution in [3.8, 4) is 0 Å². The summed E-state index contributed by atoms with van der Waals surface area (Å²) in [6, 6.07) is -0.686. The number of carboxylic acid groups (broad SMARTS) is 1. The van der Waals surface area contributed by atoms with Crippen LogP contribution in [0.15, 0.2) is 0 Å². The van der Waals surface area contributed by atoms with E-state index in [1.54, 1.807) is 0 Å². The van der Waals surface area contributed by atoms with Gasteiger partial charge in [0.25, 0.3) is 0 Å². The second kappa shape index (κ2) is 8.25. The molecule has 0 fully saturated rings. The van der Waals surface area contributed by atoms with Gasteiger partial charge >= 0.3 is 12.0 Å². The number of carboxylic acids is 1. The molecule has 0 aromatic heterocycles. The quantitative estimate of drug-likeness (QED) is 0.676. The Balaban J connectivity index is 4.54. The van der Waals surface area contributed by atoms with E-state index in [1.165, 1.54) is 0 Å². The topological polar surface area (TPSA) is 78.4 Å². The third kappa shape index (κ3) is 7.93. The fourth-order valence-corrected chi connectivity index (χ4v) is 2.41. The molecule has 0 aliphatic heterocycles. The second-order valence-corrected chi connectivity index (χ2v) is 7.52. The Morgan fingerprint density at radius 2 is 1.52 bits per heavy atom. The van der Waals surface area contributed by atoms with Crippen LogP contribution in [0.2, 0.25) is 0 Å². The van der Waals surface area contributed by atoms with E-state index in [0.717, 1.165) is 0 Å². The molecular weight excluding hydrogens is 268 g/mol. The highest BCUT2D eigenvalue weighted by atomic mass is 16.4. The van der Waals surface area contributed by atoms with Crippen molar-refractivity contribution in [3.63, 3.8) is 0 Å². The van der Waals surface area contributed by atoms with Crippen LogP contribution in [0.25, 0.3) is 0 Å². The van der Waals surface area contributed by atoms with Gasteiger partial charge in [-0.3, -0.25) is 4.79 Å². The van der Waals surface area contributed by atoms with E-state index in [9.17, 15) is 9.59 Å². The Hall–Kier alpha value is -1.26. The average Bonchev–Trinajstić information content (AvgIpc) is 2.25. The summed E-state index contributed by atoms with van der Waals surface area (Å²) in [6.07, 6.45) is -0.0747. The number of rotatable bonds is 7. The van der Waals surface area contributed by atoms with Gasteiger partial charge in [0.1, 0.15) is 0 Å². The lowest BCUT2D eigenvalue weighted by molar-refractivity contribution is -0.138. The Labute approximate surface area is 128 Å². The molecule has 0 bridgehead atoms. The van der Waals surface area contributed by atoms with Gasteiger partial charge in [-0.25, -0.2) is 4.79 Å². The van der Waals surface area contributed by atoms with Crippen LogP contribution < -0.4 is 10.6 Å². The number of urea groups is 1. The van der Waals surface area contributed by atoms with Crippen molar-refractivity contribution in [2.45, 2.75) is 60.9 Å². The first-order chi connectivity index (χ1) is 9.45. The molecule has 0 aromatic carbocycles. The third-order valence-corrected chi connectivity index (χ3v) is 3.94. The minimum absolute atomic E-state index is 0.0747. The van der Waals surface area contributed by atoms with E-state index in [0.29, 0.717) is 24.3 Å². The summed E-state index contributed by atoms with van der Waals surface area (Å²) in [6.45, 7) is 15.0. The van der Waals surface area contributed by atoms with E-state index in [2.05, 4.69) is 38.3 Å². The van der Waals surface area contributed by atoms with Gasteiger partial charge in [-0.05, 0) is 23.2 Å². The van der Waals surface area contributed by atoms with Gasteiger partial charge in [0, 0.05) is 12.6 Å². The zero-order chi connectivity index (χ0) is 16.8. The Kier molecular flexibility index (Phi) is 7.75. The van der Waals surface area contributed by atoms with Crippen molar-refractivity contribution < 1.29 is 14.7 Å². The summed E-state index contributed by atoms with van der Waals surface area (Å²) in [4.78, 5) is 22.9. The number of carbonyl (C=O) groups excluding carboxylic acids is 1. The van der Waals surface area contributed by atoms with E-state index < -0.39 is 12.0 Å². The SMILES string of the molecule is CC(C)C(CNC(=O)NC(CC(=O)O)C(C)(C)C)C(C)C. The van der Waals surface area contributed by atoms with Crippen molar-refractivity contribution in [1.82, 2.24) is 10.6 Å². The van der Waals surface area contributed by atoms with Gasteiger partial charge in [-0.1, -0.05) is 48.5 Å². The van der Waals surface area contributed by atoms with Gasteiger partial charge in [-0.15, -0.1) is 0 Å². The normalized spacial score (nSPS) is 13.6. The van der Waals surface area contributed by atoms with E-state index in [-0.39, 0.29) is 17.9 Å². The molecule has 0 aromatic rings. The molecule has 0 radical (unpaired) electrons. The van der Waals surface area contributed by atoms with E-state index >= 15 is 0 Å². The van der Waals surface area contributed by atoms with Gasteiger partial charge < -0.3 is 15.7 Å². The van der Waals surface area contributed by atoms with Crippen LogP contribution in [0.5, 0.6) is 0 Å². The van der Waals surface area contributed by atoms with Crippen molar-refractivity contribution in [1.29, 1.82) is 0 Å². The molecule has 21 heavy (non-hydrogen) atoms. The first-order valence-corrected chi connectivity index (χ1v) is 7.71. The van der Waals surface area contributed by atoms with Crippen LogP contribution in [-0.4, -0.2) is 29.7 Å². The second-order valence-electron chi connectivity index (χ2n) is 7.52. The van der Waals surface area contributed by atoms with Crippen LogP contribution in [0.1, 0.15) is 54.9 Å². The summed E-state index contributed by atoms with van der Waals surface area (Å²) in [5.41, 5.74) is -0.300. The summed E-state index contributed by atoms with van der Waals surface area (Å²) in [7, 11) is 0. The molecule has 5 heteroatoms. The van der Waals surface area contributed by atoms with Gasteiger partial charge in [0.2, 0.25) is 0 Å². The number of nitrogens with one attached hydrogen (secondary N) is 2. The minimum Gasteiger partial charge on any atom is -0.481 e. The van der Waals surface area contributed by atoms with Gasteiger partial charge in [0.05, 0.1) is 6.42 Å². The number of hydrogen-bond donors (Lipinski definition) is 3. The fraction of sp³-hybridized carbons (Fsp3) is 0.875. The maximum Gasteiger partial charge on any atom is 0.315 e. The van der Waals surface area contributed by atoms with Crippen LogP contribution in [-0.2, 0) is 4.79 Å². The highest BCUT2D eigenvalue weighted by Gasteiger charge is 2.28. The molecule has 1 atom stereocenters. The number of amides is 2. The highest BCUT2D eigenvalue weighted by Crippen LogP contribution is 2.22. The molecule has 1 unspecified atom stereocenters. The van der Waals surface area contributed by atoms with Crippen molar-refractivity contribution in [3.05, 3.63) is 0 Å². The van der Waals surface area contributed by atoms with E-state index in [4.69, 9.17) is 5.11 Å². The van der Waals surface area contributed by atoms with Gasteiger partial charge in [0.15, 0.2) is 0 Å². The number of aliphatic carboxylic acids is 1. The number of carbonyl (C=O) groups is 2. The molecule has 5 nitrogen and oxygen atoms in total. The molecule has 0 aliphatic carbocycles. The lowest BCUT2D eigenvalue weighted by atomic mass is 9.84. The van der Waals surface area contributed by atoms with Crippen LogP contribution in [0.3, 0.4) is 0 Å². The van der Waals surface area contributed by atoms with Crippen LogP contribution in [0, 0.1) is 23.2 Å². The lowest BCUT2D eigenvalue weighted by Gasteiger charge is -2.31. The zero-order valence-electron chi connectivity index (χ0n) is 14.5. The lowest BCUT2D eigenvalue weighted by Crippen LogP contribution is -2.50. The predicted molar refractivity (Wildman–Crippen MR) is 85.2 cm³/mol. The monoisotopic (exact) mass is 300 g/mol. The molecule has 124 valence electrons. The van der Waals surface area contributed by atoms with Crippen molar-refractivity contribution in [2.75, 3.05) is 6.54 Å². The standard InChI is InChI=1S/C16H32N2O3/c1-10(2)12(11(3)4)9-17-15(21)18-13(8-14(19)20)16(5,6)7/h10-13H,8-9H2,1-7H3,(H,19,20)(H2,17,18,21). The maximum absolute atomic E-state index is 12.0. The molecule has 0 saturated carbocycles. The maximum atomic E-state index is 12.0. The van der Waals surface area contributed by atoms with Crippen LogP contribution >= 0.6 is 0 Å². The molecule has 0 aliphatic rings. The summed E-state index contributed by atoms with van der Waals surface area (Å²) < 4.78 is 0. The Morgan fingerprint density at radius 3 is 1.86 bits per heavy atom. The number of hydrogen-bond acceptors (Lipinski definition) is 2. The van der Waals surface area contributed by atoms with E-state index in [1.807, 2.05) is 20.8 Å². The predicted octanol–water partition coefficient (Wildman–Crippen LogP) is 3.10. The summed E-state index contributed by atoms with van der Waals surface area (Å²) in [5.74, 6) is 0.478. The molecule has 0 rings (SSSR count). The molecular formula is C16H32N2O3. The molecule has 0 spiro atoms. The first-order valence-electron chi connectivity index (χ1n) is 7.71. The highest BCUT2D eigenvalue weighted by molar-refractivity contribution is 5.75. The third-order valence-electron chi connectivity index (χ3n) is 3.94. The Morgan fingerprint density at radius 1 is 1.05 bits per heavy atom. The fourth-order valence-electron chi connectivity index (χ4n) is 2.41. The largest absolute Gasteiger partial charge is 0.481 e. The van der Waals surface area contributed by atoms with Gasteiger partial charge in [-0.2, -0.15) is 0 Å². The molecule has 0 saturated heterocycles. The average molecular weight is 300 g/mol. The minimum atomic E-state index is -0.905. The smallest absolute Gasteiger partial charge is 0.315 e. The van der Waals surface area contributed by atoms with Crippen molar-refractivity contribution >= 4 is 12.0 Å². The first kappa shape index (κ1) is 19.7. The Bertz CT molecular complexity index is 338. The molecule has 0 heterocycles. The summed E-state index contributed by atoms with van der Waals surface area (Å²) >= 11 is 0. The molecule has 3 N–H and O–H groups in total. The van der Waals surface area contributed by atoms with Crippen LogP contribution in [0.4, 0.5) is 4.79 Å².